The molecule has 0 spiro atoms. The molecule has 0 aliphatic rings. The smallest absolute Gasteiger partial charge is 0.145 e. The molecule has 0 aliphatic heterocycles. The molecule has 6 rings (SSSR count). The Labute approximate surface area is 248 Å². The third-order valence-corrected chi connectivity index (χ3v) is 8.23. The highest BCUT2D eigenvalue weighted by Crippen LogP contribution is 2.39. The molecule has 1 aromatic heterocycles. The number of benzene rings is 5. The van der Waals surface area contributed by atoms with Crippen LogP contribution in [0.1, 0.15) is 57.8 Å². The van der Waals surface area contributed by atoms with E-state index in [0.29, 0.717) is 6.61 Å². The lowest BCUT2D eigenvalue weighted by atomic mass is 10.00. The van der Waals surface area contributed by atoms with Gasteiger partial charge in [-0.1, -0.05) is 112 Å². The normalized spacial score (nSPS) is 11.5. The molecule has 1 N–H and O–H groups in total. The second kappa shape index (κ2) is 13.7. The fourth-order valence-electron chi connectivity index (χ4n) is 6.07. The van der Waals surface area contributed by atoms with Gasteiger partial charge in [-0.2, -0.15) is 0 Å². The van der Waals surface area contributed by atoms with E-state index in [1.165, 1.54) is 60.1 Å². The average Bonchev–Trinajstić information content (AvgIpc) is 3.46. The molecule has 0 saturated carbocycles. The maximum atomic E-state index is 8.87. The molecule has 4 nitrogen and oxygen atoms in total. The van der Waals surface area contributed by atoms with Gasteiger partial charge in [-0.05, 0) is 60.0 Å². The van der Waals surface area contributed by atoms with Crippen molar-refractivity contribution in [2.24, 2.45) is 0 Å². The Bertz CT molecular complexity index is 1740. The number of fused-ring (bicyclic) bond motifs is 6. The lowest BCUT2D eigenvalue weighted by molar-refractivity contribution is 0.282. The predicted molar refractivity (Wildman–Crippen MR) is 176 cm³/mol. The fourth-order valence-corrected chi connectivity index (χ4v) is 6.07. The molecule has 214 valence electrons. The number of hydrogen-bond donors (Lipinski definition) is 1. The lowest BCUT2D eigenvalue weighted by Gasteiger charge is -2.13. The van der Waals surface area contributed by atoms with Gasteiger partial charge in [-0.15, -0.1) is 0 Å². The van der Waals surface area contributed by atoms with Gasteiger partial charge in [-0.25, -0.2) is 4.98 Å². The summed E-state index contributed by atoms with van der Waals surface area (Å²) < 4.78 is 8.42. The SMILES string of the molecule is OCCCCCCCCCCCOc1ccc(-c2nc3c4ccccc4c4ccccc4c3n2-c2ccccc2)cc1. The van der Waals surface area contributed by atoms with E-state index in [1.807, 2.05) is 0 Å². The second-order valence-electron chi connectivity index (χ2n) is 11.2. The highest BCUT2D eigenvalue weighted by Gasteiger charge is 2.19. The number of aliphatic hydroxyl groups is 1. The maximum absolute atomic E-state index is 8.87. The Hall–Kier alpha value is -4.15. The van der Waals surface area contributed by atoms with Crippen LogP contribution in [-0.4, -0.2) is 27.9 Å². The molecule has 4 heteroatoms. The molecule has 0 aliphatic carbocycles. The lowest BCUT2D eigenvalue weighted by Crippen LogP contribution is -1.99. The number of aliphatic hydroxyl groups excluding tert-OH is 1. The summed E-state index contributed by atoms with van der Waals surface area (Å²) in [6.45, 7) is 1.07. The summed E-state index contributed by atoms with van der Waals surface area (Å²) in [5, 5.41) is 13.7. The van der Waals surface area contributed by atoms with Gasteiger partial charge >= 0.3 is 0 Å². The topological polar surface area (TPSA) is 47.3 Å². The van der Waals surface area contributed by atoms with Gasteiger partial charge in [0.1, 0.15) is 11.6 Å². The molecule has 0 fully saturated rings. The molecule has 5 aromatic carbocycles. The molecule has 0 amide bonds. The van der Waals surface area contributed by atoms with Crippen molar-refractivity contribution in [3.05, 3.63) is 103 Å². The van der Waals surface area contributed by atoms with Gasteiger partial charge in [0.15, 0.2) is 0 Å². The van der Waals surface area contributed by atoms with Crippen LogP contribution in [-0.2, 0) is 0 Å². The van der Waals surface area contributed by atoms with Crippen molar-refractivity contribution in [3.8, 4) is 22.8 Å². The van der Waals surface area contributed by atoms with Crippen LogP contribution in [0.5, 0.6) is 5.75 Å². The van der Waals surface area contributed by atoms with E-state index >= 15 is 0 Å². The van der Waals surface area contributed by atoms with E-state index in [-0.39, 0.29) is 0 Å². The minimum atomic E-state index is 0.326. The van der Waals surface area contributed by atoms with Crippen LogP contribution in [0.25, 0.3) is 49.7 Å². The van der Waals surface area contributed by atoms with Crippen molar-refractivity contribution in [1.82, 2.24) is 9.55 Å². The first-order valence-electron chi connectivity index (χ1n) is 15.6. The standard InChI is InChI=1S/C38H40N2O2/c41-27-15-6-4-2-1-3-5-7-16-28-42-31-25-23-29(24-26-31)38-39-36-34-21-13-11-19-32(34)33-20-12-14-22-35(33)37(36)40(38)30-17-9-8-10-18-30/h8-14,17-26,41H,1-7,15-16,27-28H2. The van der Waals surface area contributed by atoms with E-state index in [9.17, 15) is 0 Å². The van der Waals surface area contributed by atoms with E-state index in [4.69, 9.17) is 14.8 Å². The molecule has 0 saturated heterocycles. The molecule has 0 radical (unpaired) electrons. The van der Waals surface area contributed by atoms with Gasteiger partial charge in [0.05, 0.1) is 17.6 Å². The summed E-state index contributed by atoms with van der Waals surface area (Å²) in [6.07, 6.45) is 10.8. The molecule has 0 bridgehead atoms. The van der Waals surface area contributed by atoms with Crippen molar-refractivity contribution in [1.29, 1.82) is 0 Å². The minimum Gasteiger partial charge on any atom is -0.494 e. The summed E-state index contributed by atoms with van der Waals surface area (Å²) in [5.41, 5.74) is 4.32. The van der Waals surface area contributed by atoms with Gasteiger partial charge in [0, 0.05) is 28.6 Å². The summed E-state index contributed by atoms with van der Waals surface area (Å²) in [4.78, 5) is 5.31. The van der Waals surface area contributed by atoms with Gasteiger partial charge in [0.2, 0.25) is 0 Å². The number of imidazole rings is 1. The second-order valence-corrected chi connectivity index (χ2v) is 11.2. The average molecular weight is 557 g/mol. The van der Waals surface area contributed by atoms with Crippen molar-refractivity contribution >= 4 is 32.6 Å². The Morgan fingerprint density at radius 2 is 1.10 bits per heavy atom. The Morgan fingerprint density at radius 3 is 1.76 bits per heavy atom. The number of unbranched alkanes of at least 4 members (excludes halogenated alkanes) is 8. The molecule has 42 heavy (non-hydrogen) atoms. The van der Waals surface area contributed by atoms with E-state index in [2.05, 4.69) is 108 Å². The summed E-state index contributed by atoms with van der Waals surface area (Å²) in [6, 6.07) is 36.2. The molecule has 1 heterocycles. The Kier molecular flexibility index (Phi) is 9.11. The number of para-hydroxylation sites is 1. The highest BCUT2D eigenvalue weighted by molar-refractivity contribution is 6.24. The first kappa shape index (κ1) is 28.0. The number of hydrogen-bond acceptors (Lipinski definition) is 3. The zero-order valence-electron chi connectivity index (χ0n) is 24.3. The highest BCUT2D eigenvalue weighted by atomic mass is 16.5. The van der Waals surface area contributed by atoms with Crippen LogP contribution in [0.4, 0.5) is 0 Å². The van der Waals surface area contributed by atoms with Crippen molar-refractivity contribution in [2.45, 2.75) is 57.8 Å². The Morgan fingerprint density at radius 1 is 0.548 bits per heavy atom. The van der Waals surface area contributed by atoms with E-state index in [1.54, 1.807) is 0 Å². The molecular formula is C38H40N2O2. The van der Waals surface area contributed by atoms with Crippen LogP contribution in [0.15, 0.2) is 103 Å². The Balaban J connectivity index is 1.22. The van der Waals surface area contributed by atoms with Crippen LogP contribution in [0, 0.1) is 0 Å². The van der Waals surface area contributed by atoms with E-state index < -0.39 is 0 Å². The van der Waals surface area contributed by atoms with Crippen molar-refractivity contribution in [3.63, 3.8) is 0 Å². The minimum absolute atomic E-state index is 0.326. The van der Waals surface area contributed by atoms with Crippen molar-refractivity contribution in [2.75, 3.05) is 13.2 Å². The van der Waals surface area contributed by atoms with Crippen molar-refractivity contribution < 1.29 is 9.84 Å². The van der Waals surface area contributed by atoms with Crippen LogP contribution < -0.4 is 4.74 Å². The van der Waals surface area contributed by atoms with Gasteiger partial charge < -0.3 is 9.84 Å². The largest absolute Gasteiger partial charge is 0.494 e. The fraction of sp³-hybridized carbons (Fsp3) is 0.289. The molecule has 0 unspecified atom stereocenters. The van der Waals surface area contributed by atoms with Crippen LogP contribution >= 0.6 is 0 Å². The molecule has 0 atom stereocenters. The van der Waals surface area contributed by atoms with Crippen LogP contribution in [0.3, 0.4) is 0 Å². The van der Waals surface area contributed by atoms with Gasteiger partial charge in [-0.3, -0.25) is 4.57 Å². The zero-order chi connectivity index (χ0) is 28.6. The molecule has 6 aromatic rings. The first-order valence-corrected chi connectivity index (χ1v) is 15.6. The maximum Gasteiger partial charge on any atom is 0.145 e. The summed E-state index contributed by atoms with van der Waals surface area (Å²) in [5.74, 6) is 1.83. The summed E-state index contributed by atoms with van der Waals surface area (Å²) >= 11 is 0. The summed E-state index contributed by atoms with van der Waals surface area (Å²) in [7, 11) is 0. The number of aromatic nitrogens is 2. The quantitative estimate of drug-likeness (QED) is 0.107. The number of ether oxygens (including phenoxy) is 1. The molecular weight excluding hydrogens is 516 g/mol. The predicted octanol–water partition coefficient (Wildman–Crippen LogP) is 9.88. The monoisotopic (exact) mass is 556 g/mol. The third kappa shape index (κ3) is 6.05. The van der Waals surface area contributed by atoms with E-state index in [0.717, 1.165) is 59.7 Å². The first-order chi connectivity index (χ1) is 20.8. The zero-order valence-corrected chi connectivity index (χ0v) is 24.3. The number of nitrogens with zero attached hydrogens (tertiary/aromatic N) is 2. The third-order valence-electron chi connectivity index (χ3n) is 8.23. The van der Waals surface area contributed by atoms with Crippen LogP contribution in [0.2, 0.25) is 0 Å². The van der Waals surface area contributed by atoms with Gasteiger partial charge in [0.25, 0.3) is 0 Å². The number of rotatable bonds is 14.